The van der Waals surface area contributed by atoms with E-state index in [1.807, 2.05) is 19.9 Å². The van der Waals surface area contributed by atoms with Crippen LogP contribution in [0.25, 0.3) is 0 Å². The number of aryl methyl sites for hydroxylation is 2. The lowest BCUT2D eigenvalue weighted by Gasteiger charge is -2.32. The molecule has 4 rings (SSSR count). The fourth-order valence-corrected chi connectivity index (χ4v) is 4.52. The Morgan fingerprint density at radius 1 is 1.09 bits per heavy atom. The van der Waals surface area contributed by atoms with Crippen molar-refractivity contribution < 1.29 is 19.1 Å². The molecule has 0 aliphatic carbocycles. The van der Waals surface area contributed by atoms with Crippen LogP contribution in [-0.4, -0.2) is 60.0 Å². The predicted molar refractivity (Wildman–Crippen MR) is 128 cm³/mol. The molecule has 3 heterocycles. The fraction of sp³-hybridized carbons (Fsp3) is 0.480. The molecule has 180 valence electrons. The molecule has 1 atom stereocenters. The zero-order valence-electron chi connectivity index (χ0n) is 19.9. The number of rotatable bonds is 7. The van der Waals surface area contributed by atoms with Gasteiger partial charge in [-0.2, -0.15) is 0 Å². The molecule has 2 amide bonds. The smallest absolute Gasteiger partial charge is 0.338 e. The molecule has 0 spiro atoms. The van der Waals surface area contributed by atoms with Crippen molar-refractivity contribution in [3.05, 3.63) is 47.3 Å². The van der Waals surface area contributed by atoms with Gasteiger partial charge in [-0.15, -0.1) is 0 Å². The van der Waals surface area contributed by atoms with E-state index in [0.717, 1.165) is 43.3 Å². The van der Waals surface area contributed by atoms with Gasteiger partial charge < -0.3 is 15.0 Å². The quantitative estimate of drug-likeness (QED) is 0.491. The number of esters is 1. The minimum atomic E-state index is -0.530. The Balaban J connectivity index is 1.30. The van der Waals surface area contributed by atoms with Crippen molar-refractivity contribution in [3.8, 4) is 0 Å². The summed E-state index contributed by atoms with van der Waals surface area (Å²) < 4.78 is 4.98. The summed E-state index contributed by atoms with van der Waals surface area (Å²) >= 11 is 0. The minimum absolute atomic E-state index is 0.133. The highest BCUT2D eigenvalue weighted by molar-refractivity contribution is 6.22. The molecule has 2 aliphatic heterocycles. The van der Waals surface area contributed by atoms with E-state index in [1.165, 1.54) is 4.90 Å². The van der Waals surface area contributed by atoms with Crippen molar-refractivity contribution in [1.82, 2.24) is 15.3 Å². The third-order valence-corrected chi connectivity index (χ3v) is 6.30. The predicted octanol–water partition coefficient (Wildman–Crippen LogP) is 2.41. The molecule has 1 aromatic carbocycles. The monoisotopic (exact) mass is 465 g/mol. The van der Waals surface area contributed by atoms with Crippen LogP contribution in [-0.2, 0) is 14.3 Å². The first kappa shape index (κ1) is 23.8. The van der Waals surface area contributed by atoms with Gasteiger partial charge in [0.05, 0.1) is 30.3 Å². The Kier molecular flexibility index (Phi) is 7.21. The van der Waals surface area contributed by atoms with E-state index in [0.29, 0.717) is 23.7 Å². The van der Waals surface area contributed by atoms with Crippen molar-refractivity contribution >= 4 is 29.4 Å². The lowest BCUT2D eigenvalue weighted by Crippen LogP contribution is -2.43. The largest absolute Gasteiger partial charge is 0.462 e. The van der Waals surface area contributed by atoms with E-state index in [2.05, 4.69) is 20.2 Å². The first-order valence-electron chi connectivity index (χ1n) is 11.8. The van der Waals surface area contributed by atoms with Crippen molar-refractivity contribution in [2.45, 2.75) is 46.1 Å². The van der Waals surface area contributed by atoms with E-state index >= 15 is 0 Å². The summed E-state index contributed by atoms with van der Waals surface area (Å²) in [5.74, 6) is 0.277. The number of hydrogen-bond donors (Lipinski definition) is 1. The third-order valence-electron chi connectivity index (χ3n) is 6.30. The highest BCUT2D eigenvalue weighted by Crippen LogP contribution is 2.25. The molecule has 9 nitrogen and oxygen atoms in total. The average molecular weight is 466 g/mol. The van der Waals surface area contributed by atoms with Crippen LogP contribution in [0, 0.1) is 19.8 Å². The number of piperidine rings is 1. The number of anilines is 2. The number of carbonyl (C=O) groups is 3. The third kappa shape index (κ3) is 5.25. The van der Waals surface area contributed by atoms with Gasteiger partial charge in [0.25, 0.3) is 5.91 Å². The highest BCUT2D eigenvalue weighted by atomic mass is 16.5. The summed E-state index contributed by atoms with van der Waals surface area (Å²) in [5.41, 5.74) is 2.79. The molecule has 1 aromatic heterocycles. The van der Waals surface area contributed by atoms with E-state index in [9.17, 15) is 14.4 Å². The molecular weight excluding hydrogens is 434 g/mol. The summed E-state index contributed by atoms with van der Waals surface area (Å²) in [6, 6.07) is 7.80. The Morgan fingerprint density at radius 3 is 2.35 bits per heavy atom. The molecule has 2 aliphatic rings. The van der Waals surface area contributed by atoms with Crippen LogP contribution in [0.4, 0.5) is 11.6 Å². The number of ether oxygens (including phenoxy) is 1. The zero-order chi connectivity index (χ0) is 24.2. The Morgan fingerprint density at radius 2 is 1.74 bits per heavy atom. The molecule has 1 N–H and O–H groups in total. The summed E-state index contributed by atoms with van der Waals surface area (Å²) in [4.78, 5) is 49.9. The first-order valence-corrected chi connectivity index (χ1v) is 11.8. The Labute approximate surface area is 199 Å². The normalized spacial score (nSPS) is 19.1. The summed E-state index contributed by atoms with van der Waals surface area (Å²) in [6.07, 6.45) is 2.07. The lowest BCUT2D eigenvalue weighted by atomic mass is 9.96. The number of nitrogens with zero attached hydrogens (tertiary/aromatic N) is 4. The SMILES string of the molecule is CCOC(=O)c1ccc(N2C(=O)CC(NCC3CCN(c4nc(C)cc(C)n4)CC3)C2=O)cc1. The van der Waals surface area contributed by atoms with Crippen LogP contribution in [0.15, 0.2) is 30.3 Å². The fourth-order valence-electron chi connectivity index (χ4n) is 4.52. The molecule has 0 bridgehead atoms. The number of aromatic nitrogens is 2. The molecule has 2 saturated heterocycles. The molecule has 0 saturated carbocycles. The Bertz CT molecular complexity index is 1040. The average Bonchev–Trinajstić information content (AvgIpc) is 3.10. The van der Waals surface area contributed by atoms with Crippen LogP contribution in [0.1, 0.15) is 47.9 Å². The van der Waals surface area contributed by atoms with Crippen LogP contribution >= 0.6 is 0 Å². The van der Waals surface area contributed by atoms with E-state index in [-0.39, 0.29) is 24.8 Å². The molecular formula is C25H31N5O4. The summed E-state index contributed by atoms with van der Waals surface area (Å²) in [6.45, 7) is 8.40. The van der Waals surface area contributed by atoms with Gasteiger partial charge in [0.1, 0.15) is 0 Å². The van der Waals surface area contributed by atoms with Crippen LogP contribution in [0.2, 0.25) is 0 Å². The second-order valence-corrected chi connectivity index (χ2v) is 8.88. The van der Waals surface area contributed by atoms with Crippen molar-refractivity contribution in [1.29, 1.82) is 0 Å². The topological polar surface area (TPSA) is 105 Å². The maximum absolute atomic E-state index is 12.9. The standard InChI is InChI=1S/C25H31N5O4/c1-4-34-24(33)19-5-7-20(8-6-19)30-22(31)14-21(23(30)32)26-15-18-9-11-29(12-10-18)25-27-16(2)13-17(3)28-25/h5-8,13,18,21,26H,4,9-12,14-15H2,1-3H3. The number of benzene rings is 1. The first-order chi connectivity index (χ1) is 16.4. The van der Waals surface area contributed by atoms with E-state index in [4.69, 9.17) is 4.74 Å². The molecule has 2 fully saturated rings. The number of carbonyl (C=O) groups excluding carboxylic acids is 3. The van der Waals surface area contributed by atoms with Gasteiger partial charge in [-0.3, -0.25) is 9.59 Å². The second kappa shape index (κ2) is 10.3. The molecule has 34 heavy (non-hydrogen) atoms. The summed E-state index contributed by atoms with van der Waals surface area (Å²) in [5, 5.41) is 3.31. The maximum atomic E-state index is 12.9. The minimum Gasteiger partial charge on any atom is -0.462 e. The van der Waals surface area contributed by atoms with Gasteiger partial charge in [-0.05, 0) is 76.4 Å². The van der Waals surface area contributed by atoms with E-state index < -0.39 is 12.0 Å². The van der Waals surface area contributed by atoms with Crippen LogP contribution in [0.3, 0.4) is 0 Å². The molecule has 1 unspecified atom stereocenters. The van der Waals surface area contributed by atoms with Gasteiger partial charge in [-0.25, -0.2) is 19.7 Å². The van der Waals surface area contributed by atoms with Crippen molar-refractivity contribution in [3.63, 3.8) is 0 Å². The van der Waals surface area contributed by atoms with Gasteiger partial charge in [-0.1, -0.05) is 0 Å². The van der Waals surface area contributed by atoms with Crippen LogP contribution in [0.5, 0.6) is 0 Å². The van der Waals surface area contributed by atoms with Crippen LogP contribution < -0.4 is 15.1 Å². The molecule has 9 heteroatoms. The maximum Gasteiger partial charge on any atom is 0.338 e. The Hall–Kier alpha value is -3.33. The summed E-state index contributed by atoms with van der Waals surface area (Å²) in [7, 11) is 0. The van der Waals surface area contributed by atoms with Crippen molar-refractivity contribution in [2.75, 3.05) is 36.0 Å². The van der Waals surface area contributed by atoms with E-state index in [1.54, 1.807) is 31.2 Å². The highest BCUT2D eigenvalue weighted by Gasteiger charge is 2.39. The molecule has 2 aromatic rings. The van der Waals surface area contributed by atoms with Gasteiger partial charge in [0.15, 0.2) is 0 Å². The van der Waals surface area contributed by atoms with Gasteiger partial charge >= 0.3 is 5.97 Å². The van der Waals surface area contributed by atoms with Crippen molar-refractivity contribution in [2.24, 2.45) is 5.92 Å². The number of nitrogens with one attached hydrogen (secondary N) is 1. The zero-order valence-corrected chi connectivity index (χ0v) is 19.9. The second-order valence-electron chi connectivity index (χ2n) is 8.88. The van der Waals surface area contributed by atoms with Gasteiger partial charge in [0, 0.05) is 24.5 Å². The molecule has 0 radical (unpaired) electrons. The number of imide groups is 1. The van der Waals surface area contributed by atoms with Gasteiger partial charge in [0.2, 0.25) is 11.9 Å². The number of amides is 2. The lowest BCUT2D eigenvalue weighted by molar-refractivity contribution is -0.121. The number of hydrogen-bond acceptors (Lipinski definition) is 8.